The number of ether oxygens (including phenoxy) is 2. The van der Waals surface area contributed by atoms with E-state index in [1.165, 1.54) is 11.1 Å². The summed E-state index contributed by atoms with van der Waals surface area (Å²) in [6, 6.07) is 16.4. The second-order valence-electron chi connectivity index (χ2n) is 6.86. The van der Waals surface area contributed by atoms with Crippen LogP contribution in [0.5, 0.6) is 11.5 Å². The Morgan fingerprint density at radius 1 is 0.897 bits per heavy atom. The zero-order valence-corrected chi connectivity index (χ0v) is 17.4. The van der Waals surface area contributed by atoms with Crippen molar-refractivity contribution in [3.63, 3.8) is 0 Å². The molecule has 0 aliphatic rings. The van der Waals surface area contributed by atoms with Crippen molar-refractivity contribution in [3.8, 4) is 11.5 Å². The van der Waals surface area contributed by atoms with Crippen molar-refractivity contribution in [2.24, 2.45) is 0 Å². The van der Waals surface area contributed by atoms with Crippen molar-refractivity contribution in [3.05, 3.63) is 77.7 Å². The van der Waals surface area contributed by atoms with Crippen LogP contribution >= 0.6 is 0 Å². The molecule has 6 heteroatoms. The summed E-state index contributed by atoms with van der Waals surface area (Å²) in [4.78, 5) is 11.2. The first-order valence-corrected chi connectivity index (χ1v) is 9.62. The van der Waals surface area contributed by atoms with E-state index < -0.39 is 0 Å². The first kappa shape index (κ1) is 20.6. The number of rotatable bonds is 9. The van der Waals surface area contributed by atoms with Crippen molar-refractivity contribution >= 4 is 5.82 Å². The number of nitrogens with one attached hydrogen (secondary N) is 1. The second-order valence-corrected chi connectivity index (χ2v) is 6.86. The minimum absolute atomic E-state index is 0.139. The maximum Gasteiger partial charge on any atom is 0.137 e. The quantitative estimate of drug-likeness (QED) is 0.594. The lowest BCUT2D eigenvalue weighted by atomic mass is 10.1. The summed E-state index contributed by atoms with van der Waals surface area (Å²) in [6.07, 6.45) is 3.49. The van der Waals surface area contributed by atoms with E-state index in [1.807, 2.05) is 37.5 Å². The van der Waals surface area contributed by atoms with Crippen LogP contribution in [0, 0.1) is 0 Å². The molecule has 6 nitrogen and oxygen atoms in total. The SMILES string of the molecule is CNC(C)c1cncnc1N(Cc1ccc(OC)cc1)Cc1ccc(OC)cc1. The molecule has 29 heavy (non-hydrogen) atoms. The molecule has 3 aromatic rings. The number of aromatic nitrogens is 2. The normalized spacial score (nSPS) is 11.7. The molecule has 0 saturated carbocycles. The van der Waals surface area contributed by atoms with Crippen LogP contribution < -0.4 is 19.7 Å². The fourth-order valence-electron chi connectivity index (χ4n) is 3.17. The molecule has 0 radical (unpaired) electrons. The Bertz CT molecular complexity index is 848. The molecule has 1 heterocycles. The van der Waals surface area contributed by atoms with Crippen LogP contribution in [0.15, 0.2) is 61.1 Å². The summed E-state index contributed by atoms with van der Waals surface area (Å²) in [5.74, 6) is 2.62. The molecule has 152 valence electrons. The van der Waals surface area contributed by atoms with Gasteiger partial charge in [0.05, 0.1) is 14.2 Å². The molecule has 1 aromatic heterocycles. The van der Waals surface area contributed by atoms with Gasteiger partial charge in [0.15, 0.2) is 0 Å². The zero-order valence-electron chi connectivity index (χ0n) is 17.4. The Morgan fingerprint density at radius 2 is 1.41 bits per heavy atom. The summed E-state index contributed by atoms with van der Waals surface area (Å²) >= 11 is 0. The molecule has 0 fully saturated rings. The fraction of sp³-hybridized carbons (Fsp3) is 0.304. The van der Waals surface area contributed by atoms with E-state index in [2.05, 4.69) is 51.4 Å². The molecule has 0 aliphatic heterocycles. The number of nitrogens with zero attached hydrogens (tertiary/aromatic N) is 3. The van der Waals surface area contributed by atoms with Gasteiger partial charge in [0.1, 0.15) is 23.6 Å². The van der Waals surface area contributed by atoms with Gasteiger partial charge in [-0.3, -0.25) is 0 Å². The molecule has 2 aromatic carbocycles. The summed E-state index contributed by atoms with van der Waals surface area (Å²) < 4.78 is 10.6. The van der Waals surface area contributed by atoms with Gasteiger partial charge in [-0.05, 0) is 49.4 Å². The highest BCUT2D eigenvalue weighted by Gasteiger charge is 2.18. The third-order valence-corrected chi connectivity index (χ3v) is 4.98. The van der Waals surface area contributed by atoms with Gasteiger partial charge in [-0.15, -0.1) is 0 Å². The lowest BCUT2D eigenvalue weighted by Gasteiger charge is -2.27. The summed E-state index contributed by atoms with van der Waals surface area (Å²) in [5, 5.41) is 3.29. The summed E-state index contributed by atoms with van der Waals surface area (Å²) in [5.41, 5.74) is 3.43. The predicted molar refractivity (Wildman–Crippen MR) is 115 cm³/mol. The van der Waals surface area contributed by atoms with E-state index in [-0.39, 0.29) is 6.04 Å². The fourth-order valence-corrected chi connectivity index (χ4v) is 3.17. The Labute approximate surface area is 172 Å². The molecule has 0 amide bonds. The molecule has 0 bridgehead atoms. The number of anilines is 1. The molecule has 0 saturated heterocycles. The van der Waals surface area contributed by atoms with E-state index in [9.17, 15) is 0 Å². The topological polar surface area (TPSA) is 59.5 Å². The van der Waals surface area contributed by atoms with E-state index in [0.717, 1.165) is 36.0 Å². The first-order chi connectivity index (χ1) is 14.1. The number of hydrogen-bond acceptors (Lipinski definition) is 6. The van der Waals surface area contributed by atoms with Crippen LogP contribution in [0.3, 0.4) is 0 Å². The molecule has 1 N–H and O–H groups in total. The maximum atomic E-state index is 5.29. The molecule has 1 unspecified atom stereocenters. The smallest absolute Gasteiger partial charge is 0.137 e. The largest absolute Gasteiger partial charge is 0.497 e. The summed E-state index contributed by atoms with van der Waals surface area (Å²) in [6.45, 7) is 3.55. The van der Waals surface area contributed by atoms with Crippen LogP contribution in [0.1, 0.15) is 29.7 Å². The molecule has 0 spiro atoms. The lowest BCUT2D eigenvalue weighted by molar-refractivity contribution is 0.414. The van der Waals surface area contributed by atoms with Crippen molar-refractivity contribution in [1.29, 1.82) is 0 Å². The van der Waals surface area contributed by atoms with Gasteiger partial charge in [-0.25, -0.2) is 9.97 Å². The average Bonchev–Trinajstić information content (AvgIpc) is 2.79. The average molecular weight is 393 g/mol. The van der Waals surface area contributed by atoms with Gasteiger partial charge in [-0.1, -0.05) is 24.3 Å². The maximum absolute atomic E-state index is 5.29. The highest BCUT2D eigenvalue weighted by molar-refractivity contribution is 5.49. The molecule has 3 rings (SSSR count). The van der Waals surface area contributed by atoms with Crippen molar-refractivity contribution < 1.29 is 9.47 Å². The molecular weight excluding hydrogens is 364 g/mol. The number of benzene rings is 2. The monoisotopic (exact) mass is 392 g/mol. The predicted octanol–water partition coefficient (Wildman–Crippen LogP) is 3.98. The van der Waals surface area contributed by atoms with Crippen molar-refractivity contribution in [2.45, 2.75) is 26.1 Å². The van der Waals surface area contributed by atoms with E-state index in [1.54, 1.807) is 20.5 Å². The van der Waals surface area contributed by atoms with Gasteiger partial charge in [0.25, 0.3) is 0 Å². The highest BCUT2D eigenvalue weighted by Crippen LogP contribution is 2.27. The third kappa shape index (κ3) is 5.23. The Kier molecular flexibility index (Phi) is 7.03. The number of methoxy groups -OCH3 is 2. The third-order valence-electron chi connectivity index (χ3n) is 4.98. The molecular formula is C23H28N4O2. The van der Waals surface area contributed by atoms with Crippen LogP contribution in [0.25, 0.3) is 0 Å². The Morgan fingerprint density at radius 3 is 1.86 bits per heavy atom. The molecule has 1 atom stereocenters. The highest BCUT2D eigenvalue weighted by atomic mass is 16.5. The van der Waals surface area contributed by atoms with Crippen LogP contribution in [-0.2, 0) is 13.1 Å². The zero-order chi connectivity index (χ0) is 20.6. The lowest BCUT2D eigenvalue weighted by Crippen LogP contribution is -2.26. The minimum atomic E-state index is 0.139. The van der Waals surface area contributed by atoms with E-state index in [4.69, 9.17) is 9.47 Å². The molecule has 0 aliphatic carbocycles. The van der Waals surface area contributed by atoms with Crippen LogP contribution in [0.4, 0.5) is 5.82 Å². The van der Waals surface area contributed by atoms with Gasteiger partial charge in [-0.2, -0.15) is 0 Å². The minimum Gasteiger partial charge on any atom is -0.497 e. The van der Waals surface area contributed by atoms with Crippen LogP contribution in [0.2, 0.25) is 0 Å². The van der Waals surface area contributed by atoms with Crippen LogP contribution in [-0.4, -0.2) is 31.2 Å². The van der Waals surface area contributed by atoms with Gasteiger partial charge in [0, 0.05) is 30.9 Å². The van der Waals surface area contributed by atoms with Gasteiger partial charge >= 0.3 is 0 Å². The Balaban J connectivity index is 1.94. The second kappa shape index (κ2) is 9.89. The van der Waals surface area contributed by atoms with Crippen molar-refractivity contribution in [2.75, 3.05) is 26.2 Å². The summed E-state index contributed by atoms with van der Waals surface area (Å²) in [7, 11) is 5.30. The van der Waals surface area contributed by atoms with Gasteiger partial charge in [0.2, 0.25) is 0 Å². The first-order valence-electron chi connectivity index (χ1n) is 9.62. The van der Waals surface area contributed by atoms with Crippen molar-refractivity contribution in [1.82, 2.24) is 15.3 Å². The van der Waals surface area contributed by atoms with Gasteiger partial charge < -0.3 is 19.7 Å². The standard InChI is InChI=1S/C23H28N4O2/c1-17(24-2)22-13-25-16-26-23(22)27(14-18-5-9-20(28-3)10-6-18)15-19-7-11-21(29-4)12-8-19/h5-13,16-17,24H,14-15H2,1-4H3. The van der Waals surface area contributed by atoms with E-state index >= 15 is 0 Å². The number of hydrogen-bond donors (Lipinski definition) is 1. The van der Waals surface area contributed by atoms with E-state index in [0.29, 0.717) is 0 Å². The Hall–Kier alpha value is -3.12.